The first-order valence-corrected chi connectivity index (χ1v) is 15.3. The predicted molar refractivity (Wildman–Crippen MR) is 167 cm³/mol. The minimum atomic E-state index is -4.00. The molecule has 0 aliphatic rings. The van der Waals surface area contributed by atoms with Crippen molar-refractivity contribution < 1.29 is 28.3 Å². The molecule has 4 aromatic rings. The van der Waals surface area contributed by atoms with Gasteiger partial charge in [-0.2, -0.15) is 9.82 Å². The fourth-order valence-corrected chi connectivity index (χ4v) is 6.13. The number of rotatable bonds is 10. The lowest BCUT2D eigenvalue weighted by Gasteiger charge is -2.18. The molecule has 3 aromatic carbocycles. The monoisotopic (exact) mass is 638 g/mol. The summed E-state index contributed by atoms with van der Waals surface area (Å²) in [4.78, 5) is 26.2. The molecule has 2 amide bonds. The van der Waals surface area contributed by atoms with Crippen LogP contribution in [-0.2, 0) is 19.6 Å². The van der Waals surface area contributed by atoms with Gasteiger partial charge in [-0.15, -0.1) is 0 Å². The Kier molecular flexibility index (Phi) is 9.72. The minimum absolute atomic E-state index is 0.0168. The average molecular weight is 639 g/mol. The SMILES string of the molecule is CCC(NS(=O)(=O)c1cccc(C)c1)C(=O)Nc1cc(O)c(NC(=O)C(=NO)c2c(C)nn(-c3ccccc3)c2C)cc1Cl. The van der Waals surface area contributed by atoms with Crippen molar-refractivity contribution >= 4 is 50.5 Å². The number of oxime groups is 1. The topological polar surface area (TPSA) is 175 Å². The summed E-state index contributed by atoms with van der Waals surface area (Å²) in [5.74, 6) is -2.03. The number of amides is 2. The van der Waals surface area contributed by atoms with Crippen molar-refractivity contribution in [3.63, 3.8) is 0 Å². The zero-order valence-corrected chi connectivity index (χ0v) is 25.9. The number of aryl methyl sites for hydroxylation is 2. The molecule has 0 saturated heterocycles. The Balaban J connectivity index is 1.51. The molecule has 1 unspecified atom stereocenters. The number of hydrogen-bond acceptors (Lipinski definition) is 8. The molecule has 0 spiro atoms. The molecule has 0 fully saturated rings. The van der Waals surface area contributed by atoms with E-state index in [1.165, 1.54) is 18.2 Å². The zero-order chi connectivity index (χ0) is 32.2. The van der Waals surface area contributed by atoms with Gasteiger partial charge >= 0.3 is 0 Å². The van der Waals surface area contributed by atoms with Gasteiger partial charge in [-0.1, -0.05) is 54.0 Å². The summed E-state index contributed by atoms with van der Waals surface area (Å²) in [7, 11) is -4.00. The van der Waals surface area contributed by atoms with E-state index in [4.69, 9.17) is 11.6 Å². The van der Waals surface area contributed by atoms with Gasteiger partial charge in [0.25, 0.3) is 5.91 Å². The number of halogens is 1. The van der Waals surface area contributed by atoms with Crippen molar-refractivity contribution in [3.8, 4) is 11.4 Å². The number of carbonyl (C=O) groups excluding carboxylic acids is 2. The van der Waals surface area contributed by atoms with Gasteiger partial charge in [0.2, 0.25) is 15.9 Å². The highest BCUT2D eigenvalue weighted by atomic mass is 35.5. The summed E-state index contributed by atoms with van der Waals surface area (Å²) in [5, 5.41) is 33.0. The van der Waals surface area contributed by atoms with E-state index in [9.17, 15) is 28.3 Å². The molecule has 1 atom stereocenters. The Morgan fingerprint density at radius 3 is 2.34 bits per heavy atom. The molecular formula is C30H31ClN6O6S. The van der Waals surface area contributed by atoms with Gasteiger partial charge in [-0.25, -0.2) is 13.1 Å². The van der Waals surface area contributed by atoms with Gasteiger partial charge in [-0.05, 0) is 63.1 Å². The van der Waals surface area contributed by atoms with Crippen molar-refractivity contribution in [1.82, 2.24) is 14.5 Å². The molecule has 0 radical (unpaired) electrons. The molecule has 1 heterocycles. The van der Waals surface area contributed by atoms with Gasteiger partial charge in [0.15, 0.2) is 5.71 Å². The minimum Gasteiger partial charge on any atom is -0.506 e. The van der Waals surface area contributed by atoms with Crippen LogP contribution < -0.4 is 15.4 Å². The van der Waals surface area contributed by atoms with Gasteiger partial charge in [0.1, 0.15) is 11.8 Å². The lowest BCUT2D eigenvalue weighted by Crippen LogP contribution is -2.43. The molecule has 1 aromatic heterocycles. The molecule has 12 nitrogen and oxygen atoms in total. The van der Waals surface area contributed by atoms with E-state index < -0.39 is 33.6 Å². The van der Waals surface area contributed by atoms with E-state index in [2.05, 4.69) is 25.6 Å². The van der Waals surface area contributed by atoms with Gasteiger partial charge in [0, 0.05) is 6.07 Å². The Bertz CT molecular complexity index is 1860. The third-order valence-corrected chi connectivity index (χ3v) is 8.54. The molecule has 14 heteroatoms. The largest absolute Gasteiger partial charge is 0.506 e. The van der Waals surface area contributed by atoms with Crippen molar-refractivity contribution in [3.05, 3.63) is 94.3 Å². The van der Waals surface area contributed by atoms with Crippen LogP contribution in [0.25, 0.3) is 5.69 Å². The fourth-order valence-electron chi connectivity index (χ4n) is 4.53. The fraction of sp³-hybridized carbons (Fsp3) is 0.200. The maximum Gasteiger partial charge on any atom is 0.278 e. The number of aromatic hydroxyl groups is 1. The number of phenolic OH excluding ortho intramolecular Hbond substituents is 1. The summed E-state index contributed by atoms with van der Waals surface area (Å²) in [5.41, 5.74) is 2.25. The number of hydrogen-bond donors (Lipinski definition) is 5. The first-order chi connectivity index (χ1) is 20.9. The molecular weight excluding hydrogens is 608 g/mol. The van der Waals surface area contributed by atoms with E-state index >= 15 is 0 Å². The number of nitrogens with zero attached hydrogens (tertiary/aromatic N) is 3. The maximum atomic E-state index is 13.2. The number of carbonyl (C=O) groups is 2. The van der Waals surface area contributed by atoms with E-state index in [-0.39, 0.29) is 33.4 Å². The lowest BCUT2D eigenvalue weighted by molar-refractivity contribution is -0.117. The van der Waals surface area contributed by atoms with Crippen LogP contribution in [0, 0.1) is 20.8 Å². The number of aromatic nitrogens is 2. The Hall–Kier alpha value is -4.72. The Labute approximate surface area is 259 Å². The van der Waals surface area contributed by atoms with E-state index in [1.807, 2.05) is 30.3 Å². The van der Waals surface area contributed by atoms with Crippen molar-refractivity contribution in [1.29, 1.82) is 0 Å². The van der Waals surface area contributed by atoms with E-state index in [1.54, 1.807) is 44.5 Å². The molecule has 0 saturated carbocycles. The molecule has 44 heavy (non-hydrogen) atoms. The second kappa shape index (κ2) is 13.3. The Morgan fingerprint density at radius 1 is 1.00 bits per heavy atom. The van der Waals surface area contributed by atoms with Crippen molar-refractivity contribution in [2.24, 2.45) is 5.16 Å². The van der Waals surface area contributed by atoms with Crippen LogP contribution in [0.5, 0.6) is 5.75 Å². The smallest absolute Gasteiger partial charge is 0.278 e. The highest BCUT2D eigenvalue weighted by molar-refractivity contribution is 7.89. The highest BCUT2D eigenvalue weighted by Crippen LogP contribution is 2.34. The molecule has 230 valence electrons. The first-order valence-electron chi connectivity index (χ1n) is 13.4. The van der Waals surface area contributed by atoms with Crippen LogP contribution in [0.3, 0.4) is 0 Å². The average Bonchev–Trinajstić information content (AvgIpc) is 3.28. The third kappa shape index (κ3) is 6.91. The summed E-state index contributed by atoms with van der Waals surface area (Å²) < 4.78 is 29.7. The summed E-state index contributed by atoms with van der Waals surface area (Å²) in [6.07, 6.45) is 0.123. The second-order valence-electron chi connectivity index (χ2n) is 9.93. The number of nitrogens with one attached hydrogen (secondary N) is 3. The quantitative estimate of drug-likeness (QED) is 0.0726. The maximum absolute atomic E-state index is 13.2. The van der Waals surface area contributed by atoms with Gasteiger partial charge in [0.05, 0.1) is 43.9 Å². The number of phenols is 1. The highest BCUT2D eigenvalue weighted by Gasteiger charge is 2.27. The second-order valence-corrected chi connectivity index (χ2v) is 12.1. The molecule has 0 aliphatic heterocycles. The molecule has 0 aliphatic carbocycles. The lowest BCUT2D eigenvalue weighted by atomic mass is 10.1. The van der Waals surface area contributed by atoms with Crippen LogP contribution in [0.4, 0.5) is 11.4 Å². The summed E-state index contributed by atoms with van der Waals surface area (Å²) in [6, 6.07) is 16.6. The van der Waals surface area contributed by atoms with E-state index in [0.717, 1.165) is 17.3 Å². The van der Waals surface area contributed by atoms with Crippen LogP contribution >= 0.6 is 11.6 Å². The molecule has 5 N–H and O–H groups in total. The van der Waals surface area contributed by atoms with Crippen LogP contribution in [0.2, 0.25) is 5.02 Å². The Morgan fingerprint density at radius 2 is 1.70 bits per heavy atom. The number of para-hydroxylation sites is 1. The van der Waals surface area contributed by atoms with Crippen LogP contribution in [0.1, 0.15) is 35.9 Å². The summed E-state index contributed by atoms with van der Waals surface area (Å²) in [6.45, 7) is 6.77. The van der Waals surface area contributed by atoms with Crippen molar-refractivity contribution in [2.45, 2.75) is 45.1 Å². The third-order valence-electron chi connectivity index (χ3n) is 6.76. The van der Waals surface area contributed by atoms with Gasteiger partial charge < -0.3 is 20.9 Å². The van der Waals surface area contributed by atoms with Crippen LogP contribution in [-0.4, -0.2) is 52.1 Å². The standard InChI is InChI=1S/C30H31ClN6O6S/c1-5-23(36-44(42,43)21-13-9-10-17(2)14-21)29(39)32-24-16-26(38)25(15-22(24)31)33-30(40)28(35-41)27-18(3)34-37(19(27)4)20-11-7-6-8-12-20/h6-16,23,36,38,41H,5H2,1-4H3,(H,32,39)(H,33,40). The molecule has 4 rings (SSSR count). The van der Waals surface area contributed by atoms with E-state index in [0.29, 0.717) is 17.0 Å². The normalized spacial score (nSPS) is 12.5. The molecule has 0 bridgehead atoms. The summed E-state index contributed by atoms with van der Waals surface area (Å²) >= 11 is 6.37. The number of anilines is 2. The van der Waals surface area contributed by atoms with Gasteiger partial charge in [-0.3, -0.25) is 9.59 Å². The van der Waals surface area contributed by atoms with Crippen LogP contribution in [0.15, 0.2) is 76.8 Å². The predicted octanol–water partition coefficient (Wildman–Crippen LogP) is 4.67. The zero-order valence-electron chi connectivity index (χ0n) is 24.3. The number of benzene rings is 3. The van der Waals surface area contributed by atoms with Crippen molar-refractivity contribution in [2.75, 3.05) is 10.6 Å². The number of sulfonamides is 1. The first kappa shape index (κ1) is 32.2.